The van der Waals surface area contributed by atoms with Gasteiger partial charge in [-0.3, -0.25) is 4.79 Å². The number of aromatic nitrogens is 2. The number of amides is 1. The minimum absolute atomic E-state index is 0.141. The Labute approximate surface area is 150 Å². The highest BCUT2D eigenvalue weighted by atomic mass is 19.1. The summed E-state index contributed by atoms with van der Waals surface area (Å²) in [5.74, 6) is 0.236. The predicted molar refractivity (Wildman–Crippen MR) is 95.7 cm³/mol. The Kier molecular flexibility index (Phi) is 4.28. The Bertz CT molecular complexity index is 941. The fraction of sp³-hybridized carbons (Fsp3) is 0.316. The van der Waals surface area contributed by atoms with Gasteiger partial charge in [0.05, 0.1) is 0 Å². The van der Waals surface area contributed by atoms with Gasteiger partial charge in [0, 0.05) is 49.5 Å². The summed E-state index contributed by atoms with van der Waals surface area (Å²) in [6, 6.07) is 6.51. The van der Waals surface area contributed by atoms with Gasteiger partial charge in [0.1, 0.15) is 0 Å². The quantitative estimate of drug-likeness (QED) is 0.708. The summed E-state index contributed by atoms with van der Waals surface area (Å²) in [6.45, 7) is 4.36. The van der Waals surface area contributed by atoms with Crippen molar-refractivity contribution >= 4 is 22.8 Å². The Morgan fingerprint density at radius 1 is 1.12 bits per heavy atom. The van der Waals surface area contributed by atoms with E-state index in [0.717, 1.165) is 13.0 Å². The van der Waals surface area contributed by atoms with E-state index in [1.807, 2.05) is 0 Å². The SMILES string of the molecule is Cc1c(C(=O)N2CCCN(c3ncccn3)CC2)oc2c(F)cccc12. The van der Waals surface area contributed by atoms with Crippen LogP contribution >= 0.6 is 0 Å². The topological polar surface area (TPSA) is 62.5 Å². The van der Waals surface area contributed by atoms with Gasteiger partial charge in [-0.05, 0) is 25.5 Å². The van der Waals surface area contributed by atoms with E-state index >= 15 is 0 Å². The Morgan fingerprint density at radius 2 is 1.92 bits per heavy atom. The summed E-state index contributed by atoms with van der Waals surface area (Å²) in [6.07, 6.45) is 4.22. The molecule has 1 saturated heterocycles. The molecular weight excluding hydrogens is 335 g/mol. The maximum Gasteiger partial charge on any atom is 0.289 e. The first-order valence-corrected chi connectivity index (χ1v) is 8.64. The summed E-state index contributed by atoms with van der Waals surface area (Å²) in [5.41, 5.74) is 0.819. The number of aryl methyl sites for hydroxylation is 1. The molecule has 26 heavy (non-hydrogen) atoms. The van der Waals surface area contributed by atoms with Gasteiger partial charge >= 0.3 is 0 Å². The first kappa shape index (κ1) is 16.5. The van der Waals surface area contributed by atoms with Crippen molar-refractivity contribution in [2.45, 2.75) is 13.3 Å². The van der Waals surface area contributed by atoms with Crippen molar-refractivity contribution in [3.8, 4) is 0 Å². The van der Waals surface area contributed by atoms with Crippen molar-refractivity contribution in [1.29, 1.82) is 0 Å². The van der Waals surface area contributed by atoms with Crippen LogP contribution in [0, 0.1) is 12.7 Å². The molecule has 2 aromatic heterocycles. The number of hydrogen-bond acceptors (Lipinski definition) is 5. The number of fused-ring (bicyclic) bond motifs is 1. The van der Waals surface area contributed by atoms with E-state index in [4.69, 9.17) is 4.42 Å². The monoisotopic (exact) mass is 354 g/mol. The largest absolute Gasteiger partial charge is 0.448 e. The lowest BCUT2D eigenvalue weighted by atomic mass is 10.1. The summed E-state index contributed by atoms with van der Waals surface area (Å²) in [5, 5.41) is 0.641. The molecule has 0 aliphatic carbocycles. The normalized spacial score (nSPS) is 15.3. The van der Waals surface area contributed by atoms with Crippen LogP contribution in [0.5, 0.6) is 0 Å². The van der Waals surface area contributed by atoms with Crippen molar-refractivity contribution in [3.05, 3.63) is 53.8 Å². The second-order valence-electron chi connectivity index (χ2n) is 6.35. The molecular formula is C19H19FN4O2. The number of benzene rings is 1. The molecule has 0 unspecified atom stereocenters. The maximum absolute atomic E-state index is 13.9. The van der Waals surface area contributed by atoms with Crippen molar-refractivity contribution in [1.82, 2.24) is 14.9 Å². The number of carbonyl (C=O) groups is 1. The smallest absolute Gasteiger partial charge is 0.289 e. The molecule has 1 aromatic carbocycles. The Balaban J connectivity index is 1.56. The van der Waals surface area contributed by atoms with Gasteiger partial charge in [-0.2, -0.15) is 0 Å². The minimum Gasteiger partial charge on any atom is -0.448 e. The average Bonchev–Trinajstić information content (AvgIpc) is 2.85. The third kappa shape index (κ3) is 2.89. The van der Waals surface area contributed by atoms with Crippen molar-refractivity contribution in [3.63, 3.8) is 0 Å². The maximum atomic E-state index is 13.9. The van der Waals surface area contributed by atoms with Gasteiger partial charge in [0.2, 0.25) is 5.95 Å². The molecule has 4 rings (SSSR count). The fourth-order valence-corrected chi connectivity index (χ4v) is 3.33. The third-order valence-corrected chi connectivity index (χ3v) is 4.73. The van der Waals surface area contributed by atoms with E-state index in [9.17, 15) is 9.18 Å². The molecule has 1 amide bonds. The lowest BCUT2D eigenvalue weighted by Gasteiger charge is -2.21. The van der Waals surface area contributed by atoms with E-state index in [1.165, 1.54) is 6.07 Å². The number of furan rings is 1. The van der Waals surface area contributed by atoms with E-state index in [1.54, 1.807) is 42.4 Å². The number of anilines is 1. The van der Waals surface area contributed by atoms with Crippen LogP contribution < -0.4 is 4.90 Å². The van der Waals surface area contributed by atoms with Crippen molar-refractivity contribution in [2.75, 3.05) is 31.1 Å². The summed E-state index contributed by atoms with van der Waals surface area (Å²) in [4.78, 5) is 25.3. The highest BCUT2D eigenvalue weighted by molar-refractivity contribution is 5.99. The lowest BCUT2D eigenvalue weighted by molar-refractivity contribution is 0.0736. The average molecular weight is 354 g/mol. The molecule has 0 atom stereocenters. The zero-order valence-corrected chi connectivity index (χ0v) is 14.5. The second kappa shape index (κ2) is 6.74. The van der Waals surface area contributed by atoms with Crippen LogP contribution in [0.25, 0.3) is 11.0 Å². The molecule has 1 fully saturated rings. The summed E-state index contributed by atoms with van der Waals surface area (Å²) in [7, 11) is 0. The highest BCUT2D eigenvalue weighted by Gasteiger charge is 2.26. The van der Waals surface area contributed by atoms with Crippen LogP contribution in [0.4, 0.5) is 10.3 Å². The van der Waals surface area contributed by atoms with Crippen molar-refractivity contribution < 1.29 is 13.6 Å². The number of para-hydroxylation sites is 1. The Morgan fingerprint density at radius 3 is 2.69 bits per heavy atom. The molecule has 0 spiro atoms. The van der Waals surface area contributed by atoms with Gasteiger partial charge in [0.25, 0.3) is 5.91 Å². The molecule has 3 heterocycles. The summed E-state index contributed by atoms with van der Waals surface area (Å²) < 4.78 is 19.5. The molecule has 0 radical (unpaired) electrons. The molecule has 7 heteroatoms. The number of nitrogens with zero attached hydrogens (tertiary/aromatic N) is 4. The van der Waals surface area contributed by atoms with Crippen LogP contribution in [0.1, 0.15) is 22.5 Å². The van der Waals surface area contributed by atoms with Crippen LogP contribution in [0.15, 0.2) is 41.1 Å². The first-order chi connectivity index (χ1) is 12.6. The second-order valence-corrected chi connectivity index (χ2v) is 6.35. The van der Waals surface area contributed by atoms with Crippen LogP contribution in [-0.4, -0.2) is 47.0 Å². The molecule has 134 valence electrons. The van der Waals surface area contributed by atoms with E-state index in [-0.39, 0.29) is 17.3 Å². The molecule has 0 bridgehead atoms. The van der Waals surface area contributed by atoms with E-state index in [0.29, 0.717) is 36.5 Å². The third-order valence-electron chi connectivity index (χ3n) is 4.73. The number of carbonyl (C=O) groups excluding carboxylic acids is 1. The zero-order valence-electron chi connectivity index (χ0n) is 14.5. The Hall–Kier alpha value is -2.96. The molecule has 0 saturated carbocycles. The van der Waals surface area contributed by atoms with Gasteiger partial charge in [0.15, 0.2) is 17.2 Å². The van der Waals surface area contributed by atoms with Gasteiger partial charge in [-0.25, -0.2) is 14.4 Å². The van der Waals surface area contributed by atoms with Crippen molar-refractivity contribution in [2.24, 2.45) is 0 Å². The van der Waals surface area contributed by atoms with Gasteiger partial charge < -0.3 is 14.2 Å². The molecule has 0 N–H and O–H groups in total. The number of hydrogen-bond donors (Lipinski definition) is 0. The summed E-state index contributed by atoms with van der Waals surface area (Å²) >= 11 is 0. The first-order valence-electron chi connectivity index (χ1n) is 8.64. The van der Waals surface area contributed by atoms with Crippen LogP contribution in [-0.2, 0) is 0 Å². The molecule has 1 aliphatic heterocycles. The predicted octanol–water partition coefficient (Wildman–Crippen LogP) is 3.02. The van der Waals surface area contributed by atoms with Crippen LogP contribution in [0.2, 0.25) is 0 Å². The van der Waals surface area contributed by atoms with Crippen LogP contribution in [0.3, 0.4) is 0 Å². The fourth-order valence-electron chi connectivity index (χ4n) is 3.33. The standard InChI is InChI=1S/C19H19FN4O2/c1-13-14-5-2-6-15(20)17(14)26-16(13)18(25)23-9-4-10-24(12-11-23)19-21-7-3-8-22-19/h2-3,5-8H,4,9-12H2,1H3. The number of halogens is 1. The molecule has 1 aliphatic rings. The lowest BCUT2D eigenvalue weighted by Crippen LogP contribution is -2.35. The molecule has 3 aromatic rings. The van der Waals surface area contributed by atoms with Gasteiger partial charge in [-0.15, -0.1) is 0 Å². The van der Waals surface area contributed by atoms with Gasteiger partial charge in [-0.1, -0.05) is 12.1 Å². The minimum atomic E-state index is -0.451. The zero-order chi connectivity index (χ0) is 18.1. The number of rotatable bonds is 2. The van der Waals surface area contributed by atoms with E-state index < -0.39 is 5.82 Å². The molecule has 6 nitrogen and oxygen atoms in total. The van der Waals surface area contributed by atoms with E-state index in [2.05, 4.69) is 14.9 Å². The highest BCUT2D eigenvalue weighted by Crippen LogP contribution is 2.28.